The first kappa shape index (κ1) is 13.3. The highest BCUT2D eigenvalue weighted by Gasteiger charge is 2.30. The summed E-state index contributed by atoms with van der Waals surface area (Å²) in [5.74, 6) is -5.29. The Hall–Kier alpha value is -1.76. The van der Waals surface area contributed by atoms with Gasteiger partial charge in [0, 0.05) is 12.1 Å². The summed E-state index contributed by atoms with van der Waals surface area (Å²) >= 11 is 0. The van der Waals surface area contributed by atoms with Gasteiger partial charge in [-0.1, -0.05) is 0 Å². The lowest BCUT2D eigenvalue weighted by Crippen LogP contribution is -2.42. The maximum Gasteiger partial charge on any atom is 0.337 e. The number of halogens is 3. The van der Waals surface area contributed by atoms with Gasteiger partial charge >= 0.3 is 5.97 Å². The third-order valence-electron chi connectivity index (χ3n) is 2.08. The Labute approximate surface area is 94.7 Å². The highest BCUT2D eigenvalue weighted by Crippen LogP contribution is 2.19. The third kappa shape index (κ3) is 3.10. The summed E-state index contributed by atoms with van der Waals surface area (Å²) in [6.45, 7) is 0.373. The zero-order valence-electron chi connectivity index (χ0n) is 8.80. The molecule has 3 N–H and O–H groups in total. The van der Waals surface area contributed by atoms with Crippen molar-refractivity contribution in [3.8, 4) is 0 Å². The Kier molecular flexibility index (Phi) is 3.62. The zero-order valence-corrected chi connectivity index (χ0v) is 8.80. The van der Waals surface area contributed by atoms with Gasteiger partial charge in [-0.25, -0.2) is 18.0 Å². The summed E-state index contributed by atoms with van der Waals surface area (Å²) in [7, 11) is 0. The highest BCUT2D eigenvalue weighted by atomic mass is 19.2. The van der Waals surface area contributed by atoms with Crippen LogP contribution < -0.4 is 5.32 Å². The van der Waals surface area contributed by atoms with Crippen LogP contribution in [0.1, 0.15) is 6.92 Å². The van der Waals surface area contributed by atoms with Crippen LogP contribution in [0.2, 0.25) is 0 Å². The normalized spacial score (nSPS) is 14.2. The van der Waals surface area contributed by atoms with Gasteiger partial charge in [0.05, 0.1) is 12.2 Å². The van der Waals surface area contributed by atoms with E-state index in [-0.39, 0.29) is 0 Å². The molecule has 0 saturated carbocycles. The molecule has 4 nitrogen and oxygen atoms in total. The Morgan fingerprint density at radius 3 is 2.53 bits per heavy atom. The number of nitrogens with one attached hydrogen (secondary N) is 1. The molecule has 0 spiro atoms. The van der Waals surface area contributed by atoms with Crippen LogP contribution in [0.3, 0.4) is 0 Å². The standard InChI is InChI=1S/C10H10F3NO3/c1-10(17,9(15)16)4-14-7-3-5(11)2-6(12)8(7)13/h2-3,14,17H,4H2,1H3,(H,15,16). The van der Waals surface area contributed by atoms with Crippen molar-refractivity contribution < 1.29 is 28.2 Å². The van der Waals surface area contributed by atoms with Gasteiger partial charge in [0.1, 0.15) is 5.82 Å². The van der Waals surface area contributed by atoms with Crippen molar-refractivity contribution in [1.82, 2.24) is 0 Å². The van der Waals surface area contributed by atoms with E-state index in [2.05, 4.69) is 5.32 Å². The minimum atomic E-state index is -2.17. The van der Waals surface area contributed by atoms with Crippen molar-refractivity contribution in [2.24, 2.45) is 0 Å². The number of anilines is 1. The number of carboxylic acids is 1. The van der Waals surface area contributed by atoms with Crippen LogP contribution in [-0.4, -0.2) is 28.3 Å². The van der Waals surface area contributed by atoms with Gasteiger partial charge in [-0.2, -0.15) is 0 Å². The summed E-state index contributed by atoms with van der Waals surface area (Å²) in [6.07, 6.45) is 0. The molecule has 0 aromatic heterocycles. The fourth-order valence-corrected chi connectivity index (χ4v) is 1.03. The molecule has 1 rings (SSSR count). The van der Waals surface area contributed by atoms with E-state index in [1.54, 1.807) is 0 Å². The average molecular weight is 249 g/mol. The van der Waals surface area contributed by atoms with E-state index in [9.17, 15) is 23.1 Å². The van der Waals surface area contributed by atoms with Gasteiger partial charge in [0.25, 0.3) is 0 Å². The number of hydrogen-bond donors (Lipinski definition) is 3. The lowest BCUT2D eigenvalue weighted by atomic mass is 10.1. The Bertz CT molecular complexity index is 449. The van der Waals surface area contributed by atoms with Crippen LogP contribution in [0.25, 0.3) is 0 Å². The fraction of sp³-hybridized carbons (Fsp3) is 0.300. The van der Waals surface area contributed by atoms with Gasteiger partial charge in [-0.15, -0.1) is 0 Å². The summed E-state index contributed by atoms with van der Waals surface area (Å²) in [6, 6.07) is 1.02. The van der Waals surface area contributed by atoms with Gasteiger partial charge in [0.2, 0.25) is 0 Å². The molecular formula is C10H10F3NO3. The van der Waals surface area contributed by atoms with Gasteiger partial charge < -0.3 is 15.5 Å². The summed E-state index contributed by atoms with van der Waals surface area (Å²) < 4.78 is 38.7. The monoisotopic (exact) mass is 249 g/mol. The first-order valence-corrected chi connectivity index (χ1v) is 4.58. The molecule has 0 saturated heterocycles. The maximum absolute atomic E-state index is 13.1. The van der Waals surface area contributed by atoms with E-state index in [4.69, 9.17) is 5.11 Å². The van der Waals surface area contributed by atoms with Crippen molar-refractivity contribution in [1.29, 1.82) is 0 Å². The number of carboxylic acid groups (broad SMARTS) is 1. The Morgan fingerprint density at radius 2 is 2.00 bits per heavy atom. The Morgan fingerprint density at radius 1 is 1.41 bits per heavy atom. The second kappa shape index (κ2) is 4.62. The molecule has 17 heavy (non-hydrogen) atoms. The lowest BCUT2D eigenvalue weighted by molar-refractivity contribution is -0.155. The second-order valence-corrected chi connectivity index (χ2v) is 3.68. The van der Waals surface area contributed by atoms with Gasteiger partial charge in [-0.05, 0) is 6.92 Å². The summed E-state index contributed by atoms with van der Waals surface area (Å²) in [5.41, 5.74) is -2.72. The van der Waals surface area contributed by atoms with E-state index in [0.717, 1.165) is 6.92 Å². The molecule has 0 fully saturated rings. The van der Waals surface area contributed by atoms with Crippen molar-refractivity contribution in [3.05, 3.63) is 29.6 Å². The van der Waals surface area contributed by atoms with Crippen LogP contribution in [0.15, 0.2) is 12.1 Å². The van der Waals surface area contributed by atoms with E-state index < -0.39 is 41.3 Å². The van der Waals surface area contributed by atoms with Crippen molar-refractivity contribution in [3.63, 3.8) is 0 Å². The van der Waals surface area contributed by atoms with E-state index >= 15 is 0 Å². The second-order valence-electron chi connectivity index (χ2n) is 3.68. The predicted octanol–water partition coefficient (Wildman–Crippen LogP) is 1.35. The molecule has 94 valence electrons. The SMILES string of the molecule is CC(O)(CNc1cc(F)cc(F)c1F)C(=O)O. The molecule has 1 aromatic carbocycles. The van der Waals surface area contributed by atoms with Crippen LogP contribution >= 0.6 is 0 Å². The summed E-state index contributed by atoms with van der Waals surface area (Å²) in [5, 5.41) is 20.0. The number of aliphatic carboxylic acids is 1. The third-order valence-corrected chi connectivity index (χ3v) is 2.08. The van der Waals surface area contributed by atoms with E-state index in [1.165, 1.54) is 0 Å². The first-order valence-electron chi connectivity index (χ1n) is 4.58. The molecule has 1 unspecified atom stereocenters. The van der Waals surface area contributed by atoms with Crippen LogP contribution in [-0.2, 0) is 4.79 Å². The van der Waals surface area contributed by atoms with Gasteiger partial charge in [0.15, 0.2) is 17.2 Å². The first-order chi connectivity index (χ1) is 7.74. The average Bonchev–Trinajstić information content (AvgIpc) is 2.21. The smallest absolute Gasteiger partial charge is 0.337 e. The van der Waals surface area contributed by atoms with Crippen LogP contribution in [0.4, 0.5) is 18.9 Å². The molecule has 0 aliphatic heterocycles. The van der Waals surface area contributed by atoms with Crippen LogP contribution in [0, 0.1) is 17.5 Å². The lowest BCUT2D eigenvalue weighted by Gasteiger charge is -2.19. The molecule has 0 aliphatic carbocycles. The van der Waals surface area contributed by atoms with Crippen molar-refractivity contribution in [2.75, 3.05) is 11.9 Å². The van der Waals surface area contributed by atoms with Crippen molar-refractivity contribution in [2.45, 2.75) is 12.5 Å². The number of rotatable bonds is 4. The largest absolute Gasteiger partial charge is 0.479 e. The molecule has 0 amide bonds. The number of hydrogen-bond acceptors (Lipinski definition) is 3. The van der Waals surface area contributed by atoms with Crippen molar-refractivity contribution >= 4 is 11.7 Å². The van der Waals surface area contributed by atoms with Crippen LogP contribution in [0.5, 0.6) is 0 Å². The number of aliphatic hydroxyl groups is 1. The molecule has 1 atom stereocenters. The molecule has 1 aromatic rings. The van der Waals surface area contributed by atoms with Gasteiger partial charge in [-0.3, -0.25) is 0 Å². The molecule has 0 heterocycles. The van der Waals surface area contributed by atoms with E-state index in [0.29, 0.717) is 12.1 Å². The molecule has 0 bridgehead atoms. The molecule has 0 aliphatic rings. The minimum Gasteiger partial charge on any atom is -0.479 e. The topological polar surface area (TPSA) is 69.6 Å². The number of carbonyl (C=O) groups is 1. The summed E-state index contributed by atoms with van der Waals surface area (Å²) in [4.78, 5) is 10.5. The van der Waals surface area contributed by atoms with E-state index in [1.807, 2.05) is 0 Å². The number of benzene rings is 1. The predicted molar refractivity (Wildman–Crippen MR) is 53.1 cm³/mol. The molecule has 0 radical (unpaired) electrons. The zero-order chi connectivity index (χ0) is 13.2. The minimum absolute atomic E-state index is 0.357. The maximum atomic E-state index is 13.1. The molecular weight excluding hydrogens is 239 g/mol. The molecule has 7 heteroatoms. The fourth-order valence-electron chi connectivity index (χ4n) is 1.03. The highest BCUT2D eigenvalue weighted by molar-refractivity contribution is 5.77. The Balaban J connectivity index is 2.87. The quantitative estimate of drug-likeness (QED) is 0.704.